The Morgan fingerprint density at radius 2 is 2.11 bits per heavy atom. The molecule has 27 heavy (non-hydrogen) atoms. The highest BCUT2D eigenvalue weighted by Crippen LogP contribution is 2.28. The van der Waals surface area contributed by atoms with Gasteiger partial charge in [-0.3, -0.25) is 4.79 Å². The molecule has 0 aliphatic carbocycles. The zero-order valence-corrected chi connectivity index (χ0v) is 16.8. The van der Waals surface area contributed by atoms with E-state index in [1.165, 1.54) is 0 Å². The number of carbonyl (C=O) groups excluding carboxylic acids is 1. The van der Waals surface area contributed by atoms with Crippen molar-refractivity contribution in [1.82, 2.24) is 10.4 Å². The maximum Gasteiger partial charge on any atom is 0.283 e. The van der Waals surface area contributed by atoms with Crippen LogP contribution in [0.3, 0.4) is 0 Å². The first-order valence-electron chi connectivity index (χ1n) is 9.01. The van der Waals surface area contributed by atoms with E-state index in [2.05, 4.69) is 22.4 Å². The molecule has 146 valence electrons. The molecule has 0 unspecified atom stereocenters. The van der Waals surface area contributed by atoms with Gasteiger partial charge in [0.15, 0.2) is 16.6 Å². The molecule has 0 radical (unpaired) electrons. The quantitative estimate of drug-likeness (QED) is 0.365. The van der Waals surface area contributed by atoms with Gasteiger partial charge in [0.05, 0.1) is 25.1 Å². The average molecular weight is 391 g/mol. The van der Waals surface area contributed by atoms with Gasteiger partial charge < -0.3 is 15.2 Å². The monoisotopic (exact) mass is 390 g/mol. The van der Waals surface area contributed by atoms with E-state index >= 15 is 0 Å². The van der Waals surface area contributed by atoms with Gasteiger partial charge in [-0.05, 0) is 44.0 Å². The Labute approximate surface area is 163 Å². The van der Waals surface area contributed by atoms with E-state index in [4.69, 9.17) is 15.2 Å². The van der Waals surface area contributed by atoms with Crippen LogP contribution in [0.5, 0.6) is 11.5 Å². The Balaban J connectivity index is 2.02. The number of hydrazone groups is 1. The third kappa shape index (κ3) is 6.25. The Kier molecular flexibility index (Phi) is 8.06. The fourth-order valence-electron chi connectivity index (χ4n) is 2.37. The molecule has 0 saturated carbocycles. The first-order chi connectivity index (χ1) is 13.0. The molecular formula is C19H26N4O3S. The highest BCUT2D eigenvalue weighted by atomic mass is 32.1. The Morgan fingerprint density at radius 3 is 2.78 bits per heavy atom. The van der Waals surface area contributed by atoms with Gasteiger partial charge in [-0.15, -0.1) is 0 Å². The van der Waals surface area contributed by atoms with Crippen LogP contribution in [0.1, 0.15) is 54.0 Å². The number of unbranched alkanes of at least 4 members (excludes halogenated alkanes) is 2. The van der Waals surface area contributed by atoms with E-state index in [9.17, 15) is 4.79 Å². The second-order valence-electron chi connectivity index (χ2n) is 5.86. The van der Waals surface area contributed by atoms with Crippen LogP contribution in [-0.4, -0.2) is 30.3 Å². The van der Waals surface area contributed by atoms with Crippen LogP contribution in [0.25, 0.3) is 0 Å². The summed E-state index contributed by atoms with van der Waals surface area (Å²) in [4.78, 5) is 16.6. The highest BCUT2D eigenvalue weighted by molar-refractivity contribution is 7.17. The Hall–Kier alpha value is -2.61. The lowest BCUT2D eigenvalue weighted by molar-refractivity contribution is 0.0958. The van der Waals surface area contributed by atoms with Crippen molar-refractivity contribution < 1.29 is 14.3 Å². The van der Waals surface area contributed by atoms with Gasteiger partial charge in [-0.25, -0.2) is 10.4 Å². The molecule has 7 nitrogen and oxygen atoms in total. The molecule has 0 fully saturated rings. The minimum absolute atomic E-state index is 0.333. The summed E-state index contributed by atoms with van der Waals surface area (Å²) in [6.45, 7) is 7.02. The molecular weight excluding hydrogens is 364 g/mol. The van der Waals surface area contributed by atoms with E-state index in [0.29, 0.717) is 40.4 Å². The number of nitrogens with one attached hydrogen (secondary N) is 1. The smallest absolute Gasteiger partial charge is 0.283 e. The number of hydrogen-bond donors (Lipinski definition) is 2. The van der Waals surface area contributed by atoms with Crippen LogP contribution in [0.15, 0.2) is 23.3 Å². The molecule has 3 N–H and O–H groups in total. The van der Waals surface area contributed by atoms with Crippen molar-refractivity contribution in [2.75, 3.05) is 18.9 Å². The van der Waals surface area contributed by atoms with Crippen LogP contribution >= 0.6 is 11.3 Å². The predicted octanol–water partition coefficient (Wildman–Crippen LogP) is 3.77. The molecule has 8 heteroatoms. The number of nitrogen functional groups attached to an aromatic ring is 1. The van der Waals surface area contributed by atoms with Crippen LogP contribution in [0.4, 0.5) is 5.13 Å². The van der Waals surface area contributed by atoms with Gasteiger partial charge in [0, 0.05) is 0 Å². The van der Waals surface area contributed by atoms with Crippen molar-refractivity contribution in [3.63, 3.8) is 0 Å². The molecule has 0 saturated heterocycles. The van der Waals surface area contributed by atoms with Crippen molar-refractivity contribution in [2.45, 2.75) is 40.0 Å². The third-order valence-electron chi connectivity index (χ3n) is 3.67. The summed E-state index contributed by atoms with van der Waals surface area (Å²) < 4.78 is 11.5. The van der Waals surface area contributed by atoms with Gasteiger partial charge in [0.25, 0.3) is 5.91 Å². The summed E-state index contributed by atoms with van der Waals surface area (Å²) in [6, 6.07) is 5.55. The van der Waals surface area contributed by atoms with Gasteiger partial charge in [-0.2, -0.15) is 5.10 Å². The van der Waals surface area contributed by atoms with Crippen LogP contribution in [0.2, 0.25) is 0 Å². The van der Waals surface area contributed by atoms with Gasteiger partial charge in [0.1, 0.15) is 4.88 Å². The molecule has 2 aromatic rings. The van der Waals surface area contributed by atoms with Crippen molar-refractivity contribution in [2.24, 2.45) is 5.10 Å². The van der Waals surface area contributed by atoms with E-state index < -0.39 is 0 Å². The summed E-state index contributed by atoms with van der Waals surface area (Å²) in [7, 11) is 0. The van der Waals surface area contributed by atoms with Crippen molar-refractivity contribution in [3.8, 4) is 11.5 Å². The zero-order chi connectivity index (χ0) is 19.6. The maximum atomic E-state index is 12.1. The number of thiazole rings is 1. The van der Waals surface area contributed by atoms with E-state index in [1.807, 2.05) is 25.1 Å². The molecule has 2 rings (SSSR count). The molecule has 0 bridgehead atoms. The van der Waals surface area contributed by atoms with Gasteiger partial charge >= 0.3 is 0 Å². The number of nitrogens with two attached hydrogens (primary N) is 1. The first-order valence-corrected chi connectivity index (χ1v) is 9.82. The standard InChI is InChI=1S/C19H26N4O3S/c1-4-6-7-10-26-16-11-14(8-9-15(16)25-5-2)12-21-23-18(24)17-13(3)22-19(20)27-17/h8-9,11-12H,4-7,10H2,1-3H3,(H2,20,22)(H,23,24)/b21-12-. The normalized spacial score (nSPS) is 10.9. The highest BCUT2D eigenvalue weighted by Gasteiger charge is 2.13. The summed E-state index contributed by atoms with van der Waals surface area (Å²) in [5.74, 6) is 1.04. The Bertz CT molecular complexity index is 789. The zero-order valence-electron chi connectivity index (χ0n) is 15.9. The lowest BCUT2D eigenvalue weighted by Gasteiger charge is -2.12. The minimum atomic E-state index is -0.333. The fraction of sp³-hybridized carbons (Fsp3) is 0.421. The van der Waals surface area contributed by atoms with Crippen molar-refractivity contribution >= 4 is 28.6 Å². The van der Waals surface area contributed by atoms with Crippen LogP contribution in [0, 0.1) is 6.92 Å². The first kappa shape index (κ1) is 20.7. The number of hydrogen-bond acceptors (Lipinski definition) is 7. The van der Waals surface area contributed by atoms with E-state index in [0.717, 1.165) is 36.2 Å². The molecule has 0 aliphatic heterocycles. The van der Waals surface area contributed by atoms with Crippen LogP contribution < -0.4 is 20.6 Å². The molecule has 1 heterocycles. The molecule has 1 aromatic carbocycles. The number of anilines is 1. The number of rotatable bonds is 10. The number of nitrogens with zero attached hydrogens (tertiary/aromatic N) is 2. The predicted molar refractivity (Wildman–Crippen MR) is 109 cm³/mol. The minimum Gasteiger partial charge on any atom is -0.490 e. The summed E-state index contributed by atoms with van der Waals surface area (Å²) in [5, 5.41) is 4.37. The number of ether oxygens (including phenoxy) is 2. The second-order valence-corrected chi connectivity index (χ2v) is 6.89. The topological polar surface area (TPSA) is 98.8 Å². The SMILES string of the molecule is CCCCCOc1cc(/C=N\NC(=O)c2sc(N)nc2C)ccc1OCC. The number of aryl methyl sites for hydroxylation is 1. The lowest BCUT2D eigenvalue weighted by Crippen LogP contribution is -2.17. The number of aromatic nitrogens is 1. The summed E-state index contributed by atoms with van der Waals surface area (Å²) in [6.07, 6.45) is 4.82. The van der Waals surface area contributed by atoms with E-state index in [1.54, 1.807) is 13.1 Å². The van der Waals surface area contributed by atoms with Crippen LogP contribution in [-0.2, 0) is 0 Å². The van der Waals surface area contributed by atoms with Gasteiger partial charge in [-0.1, -0.05) is 31.1 Å². The van der Waals surface area contributed by atoms with Crippen molar-refractivity contribution in [3.05, 3.63) is 34.3 Å². The molecule has 0 atom stereocenters. The Morgan fingerprint density at radius 1 is 1.30 bits per heavy atom. The maximum absolute atomic E-state index is 12.1. The number of amides is 1. The molecule has 0 aliphatic rings. The lowest BCUT2D eigenvalue weighted by atomic mass is 10.2. The number of carbonyl (C=O) groups is 1. The number of benzene rings is 1. The summed E-state index contributed by atoms with van der Waals surface area (Å²) in [5.41, 5.74) is 9.50. The molecule has 0 spiro atoms. The fourth-order valence-corrected chi connectivity index (χ4v) is 3.09. The average Bonchev–Trinajstić information content (AvgIpc) is 2.99. The van der Waals surface area contributed by atoms with E-state index in [-0.39, 0.29) is 5.91 Å². The second kappa shape index (κ2) is 10.5. The largest absolute Gasteiger partial charge is 0.490 e. The van der Waals surface area contributed by atoms with Crippen molar-refractivity contribution in [1.29, 1.82) is 0 Å². The molecule has 1 amide bonds. The van der Waals surface area contributed by atoms with Gasteiger partial charge in [0.2, 0.25) is 0 Å². The third-order valence-corrected chi connectivity index (χ3v) is 4.66. The summed E-state index contributed by atoms with van der Waals surface area (Å²) >= 11 is 1.14. The molecule has 1 aromatic heterocycles.